The molecule has 1 N–H and O–H groups in total. The van der Waals surface area contributed by atoms with Gasteiger partial charge in [0.15, 0.2) is 0 Å². The van der Waals surface area contributed by atoms with Crippen LogP contribution in [0, 0.1) is 12.3 Å². The van der Waals surface area contributed by atoms with Gasteiger partial charge in [0.25, 0.3) is 0 Å². The summed E-state index contributed by atoms with van der Waals surface area (Å²) in [5.41, 5.74) is 1.04. The second kappa shape index (κ2) is 4.33. The van der Waals surface area contributed by atoms with Crippen molar-refractivity contribution in [1.29, 1.82) is 0 Å². The molecule has 1 aromatic carbocycles. The average molecular weight is 216 g/mol. The van der Waals surface area contributed by atoms with Crippen LogP contribution in [0.15, 0.2) is 24.3 Å². The molecule has 2 nitrogen and oxygen atoms in total. The smallest absolute Gasteiger partial charge is 0.117 e. The van der Waals surface area contributed by atoms with Crippen molar-refractivity contribution in [3.8, 4) is 12.3 Å². The van der Waals surface area contributed by atoms with Crippen LogP contribution in [0.25, 0.3) is 10.9 Å². The quantitative estimate of drug-likeness (QED) is 0.797. The molecule has 0 amide bonds. The number of fused-ring (bicyclic) bond motifs is 1. The molecule has 2 aromatic rings. The third-order valence-electron chi connectivity index (χ3n) is 2.19. The van der Waals surface area contributed by atoms with Gasteiger partial charge in [-0.15, -0.1) is 12.3 Å². The number of benzene rings is 1. The molecule has 1 aromatic heterocycles. The van der Waals surface area contributed by atoms with Gasteiger partial charge in [-0.05, 0) is 30.6 Å². The first-order valence-corrected chi connectivity index (χ1v) is 5.63. The van der Waals surface area contributed by atoms with Crippen molar-refractivity contribution in [2.45, 2.75) is 19.4 Å². The van der Waals surface area contributed by atoms with Gasteiger partial charge in [0, 0.05) is 17.8 Å². The zero-order chi connectivity index (χ0) is 10.7. The van der Waals surface area contributed by atoms with Crippen molar-refractivity contribution >= 4 is 27.4 Å². The van der Waals surface area contributed by atoms with Crippen molar-refractivity contribution in [3.63, 3.8) is 0 Å². The lowest BCUT2D eigenvalue weighted by molar-refractivity contribution is 0.833. The molecule has 0 spiro atoms. The predicted molar refractivity (Wildman–Crippen MR) is 66.2 cm³/mol. The number of nitrogens with one attached hydrogen (secondary N) is 1. The highest BCUT2D eigenvalue weighted by Crippen LogP contribution is 2.27. The first-order valence-electron chi connectivity index (χ1n) is 4.85. The van der Waals surface area contributed by atoms with E-state index in [-0.39, 0.29) is 0 Å². The Balaban J connectivity index is 2.25. The van der Waals surface area contributed by atoms with E-state index in [1.165, 1.54) is 16.9 Å². The van der Waals surface area contributed by atoms with E-state index in [0.717, 1.165) is 16.9 Å². The summed E-state index contributed by atoms with van der Waals surface area (Å²) in [6.07, 6.45) is 6.00. The number of rotatable bonds is 3. The van der Waals surface area contributed by atoms with Crippen LogP contribution in [0.4, 0.5) is 5.00 Å². The number of hydrogen-bond acceptors (Lipinski definition) is 3. The Hall–Kier alpha value is -1.53. The molecule has 1 unspecified atom stereocenters. The fourth-order valence-electron chi connectivity index (χ4n) is 1.44. The van der Waals surface area contributed by atoms with Crippen LogP contribution in [0.3, 0.4) is 0 Å². The van der Waals surface area contributed by atoms with Crippen LogP contribution >= 0.6 is 11.5 Å². The molecule has 0 aliphatic carbocycles. The number of nitrogens with zero attached hydrogens (tertiary/aromatic N) is 1. The normalized spacial score (nSPS) is 12.3. The van der Waals surface area contributed by atoms with Crippen LogP contribution in [0.5, 0.6) is 0 Å². The largest absolute Gasteiger partial charge is 0.372 e. The Labute approximate surface area is 93.5 Å². The molecule has 0 radical (unpaired) electrons. The highest BCUT2D eigenvalue weighted by molar-refractivity contribution is 7.11. The Kier molecular flexibility index (Phi) is 2.89. The van der Waals surface area contributed by atoms with E-state index < -0.39 is 0 Å². The lowest BCUT2D eigenvalue weighted by atomic mass is 10.2. The standard InChI is InChI=1S/C12H12N2S/c1-3-6-9(2)13-12-10-7-4-5-8-11(10)14-15-12/h1,4-5,7-9,13H,6H2,2H3. The molecule has 2 rings (SSSR count). The fourth-order valence-corrected chi connectivity index (χ4v) is 2.32. The van der Waals surface area contributed by atoms with E-state index in [9.17, 15) is 0 Å². The molecule has 1 heterocycles. The summed E-state index contributed by atoms with van der Waals surface area (Å²) in [5.74, 6) is 2.65. The molecule has 15 heavy (non-hydrogen) atoms. The Morgan fingerprint density at radius 2 is 2.33 bits per heavy atom. The fraction of sp³-hybridized carbons (Fsp3) is 0.250. The van der Waals surface area contributed by atoms with Gasteiger partial charge in [0.2, 0.25) is 0 Å². The Morgan fingerprint density at radius 3 is 3.13 bits per heavy atom. The first-order chi connectivity index (χ1) is 7.31. The lowest BCUT2D eigenvalue weighted by Gasteiger charge is -2.09. The number of terminal acetylenes is 1. The second-order valence-electron chi connectivity index (χ2n) is 3.48. The van der Waals surface area contributed by atoms with Crippen LogP contribution in [0.1, 0.15) is 13.3 Å². The van der Waals surface area contributed by atoms with Crippen LogP contribution in [-0.2, 0) is 0 Å². The molecule has 0 fully saturated rings. The molecule has 3 heteroatoms. The summed E-state index contributed by atoms with van der Waals surface area (Å²) in [7, 11) is 0. The minimum Gasteiger partial charge on any atom is -0.372 e. The Morgan fingerprint density at radius 1 is 1.53 bits per heavy atom. The van der Waals surface area contributed by atoms with E-state index in [2.05, 4.69) is 28.6 Å². The zero-order valence-electron chi connectivity index (χ0n) is 8.53. The van der Waals surface area contributed by atoms with Gasteiger partial charge < -0.3 is 5.32 Å². The van der Waals surface area contributed by atoms with Gasteiger partial charge in [0.05, 0.1) is 5.52 Å². The molecule has 0 saturated heterocycles. The van der Waals surface area contributed by atoms with Crippen LogP contribution in [-0.4, -0.2) is 10.4 Å². The maximum Gasteiger partial charge on any atom is 0.117 e. The molecule has 0 saturated carbocycles. The minimum absolute atomic E-state index is 0.291. The zero-order valence-corrected chi connectivity index (χ0v) is 9.34. The van der Waals surface area contributed by atoms with Crippen molar-refractivity contribution in [1.82, 2.24) is 4.37 Å². The molecule has 0 aliphatic heterocycles. The molecule has 1 atom stereocenters. The third-order valence-corrected chi connectivity index (χ3v) is 2.99. The number of anilines is 1. The van der Waals surface area contributed by atoms with Gasteiger partial charge in [0.1, 0.15) is 5.00 Å². The summed E-state index contributed by atoms with van der Waals surface area (Å²) in [4.78, 5) is 0. The Bertz CT molecular complexity index is 496. The average Bonchev–Trinajstić information content (AvgIpc) is 2.62. The first kappa shape index (κ1) is 10.0. The highest BCUT2D eigenvalue weighted by Gasteiger charge is 2.07. The van der Waals surface area contributed by atoms with Crippen molar-refractivity contribution < 1.29 is 0 Å². The van der Waals surface area contributed by atoms with Gasteiger partial charge >= 0.3 is 0 Å². The number of hydrogen-bond donors (Lipinski definition) is 1. The molecule has 0 aliphatic rings. The van der Waals surface area contributed by atoms with Crippen LogP contribution in [0.2, 0.25) is 0 Å². The summed E-state index contributed by atoms with van der Waals surface area (Å²) >= 11 is 1.49. The van der Waals surface area contributed by atoms with E-state index in [0.29, 0.717) is 6.04 Å². The van der Waals surface area contributed by atoms with Crippen LogP contribution < -0.4 is 5.32 Å². The topological polar surface area (TPSA) is 24.9 Å². The van der Waals surface area contributed by atoms with Crippen molar-refractivity contribution in [2.24, 2.45) is 0 Å². The monoisotopic (exact) mass is 216 g/mol. The van der Waals surface area contributed by atoms with E-state index >= 15 is 0 Å². The molecular formula is C12H12N2S. The van der Waals surface area contributed by atoms with Gasteiger partial charge in [-0.2, -0.15) is 4.37 Å². The SMILES string of the molecule is C#CCC(C)Nc1snc2ccccc12. The summed E-state index contributed by atoms with van der Waals surface area (Å²) in [6, 6.07) is 8.40. The maximum absolute atomic E-state index is 5.27. The van der Waals surface area contributed by atoms with Gasteiger partial charge in [-0.1, -0.05) is 12.1 Å². The highest BCUT2D eigenvalue weighted by atomic mass is 32.1. The van der Waals surface area contributed by atoms with Gasteiger partial charge in [-0.25, -0.2) is 0 Å². The molecular weight excluding hydrogens is 204 g/mol. The third kappa shape index (κ3) is 2.11. The lowest BCUT2D eigenvalue weighted by Crippen LogP contribution is -2.12. The van der Waals surface area contributed by atoms with Crippen molar-refractivity contribution in [2.75, 3.05) is 5.32 Å². The molecule has 0 bridgehead atoms. The van der Waals surface area contributed by atoms with E-state index in [1.807, 2.05) is 18.2 Å². The van der Waals surface area contributed by atoms with E-state index in [1.54, 1.807) is 0 Å². The van der Waals surface area contributed by atoms with Crippen molar-refractivity contribution in [3.05, 3.63) is 24.3 Å². The van der Waals surface area contributed by atoms with Gasteiger partial charge in [-0.3, -0.25) is 0 Å². The summed E-state index contributed by atoms with van der Waals surface area (Å²) < 4.78 is 4.36. The molecule has 76 valence electrons. The maximum atomic E-state index is 5.27. The minimum atomic E-state index is 0.291. The predicted octanol–water partition coefficient (Wildman–Crippen LogP) is 3.12. The summed E-state index contributed by atoms with van der Waals surface area (Å²) in [6.45, 7) is 2.08. The summed E-state index contributed by atoms with van der Waals surface area (Å²) in [5, 5.41) is 5.66. The number of aromatic nitrogens is 1. The van der Waals surface area contributed by atoms with E-state index in [4.69, 9.17) is 6.42 Å². The second-order valence-corrected chi connectivity index (χ2v) is 4.26.